The van der Waals surface area contributed by atoms with Crippen molar-refractivity contribution in [3.05, 3.63) is 18.7 Å². The van der Waals surface area contributed by atoms with Crippen LogP contribution >= 0.6 is 17.0 Å². The van der Waals surface area contributed by atoms with Crippen molar-refractivity contribution in [2.75, 3.05) is 0 Å². The maximum atomic E-state index is 10.3. The van der Waals surface area contributed by atoms with Crippen LogP contribution in [0.4, 0.5) is 0 Å². The zero-order chi connectivity index (χ0) is 7.40. The van der Waals surface area contributed by atoms with Gasteiger partial charge < -0.3 is 9.30 Å². The molecule has 4 nitrogen and oxygen atoms in total. The number of hydrogen-bond acceptors (Lipinski definition) is 3. The van der Waals surface area contributed by atoms with E-state index in [0.717, 1.165) is 0 Å². The van der Waals surface area contributed by atoms with Crippen LogP contribution in [0.25, 0.3) is 0 Å². The Morgan fingerprint density at radius 2 is 2.45 bits per heavy atom. The van der Waals surface area contributed by atoms with Gasteiger partial charge in [0.1, 0.15) is 0 Å². The van der Waals surface area contributed by atoms with E-state index in [2.05, 4.69) is 9.72 Å². The highest BCUT2D eigenvalue weighted by Gasteiger charge is 1.91. The average molecular weight is 221 g/mol. The molecule has 1 aromatic heterocycles. The molecule has 0 aromatic carbocycles. The summed E-state index contributed by atoms with van der Waals surface area (Å²) in [7, 11) is 0. The number of esters is 1. The minimum atomic E-state index is -0.284. The summed E-state index contributed by atoms with van der Waals surface area (Å²) in [5.41, 5.74) is 0. The van der Waals surface area contributed by atoms with Crippen molar-refractivity contribution in [2.24, 2.45) is 0 Å². The van der Waals surface area contributed by atoms with Crippen LogP contribution in [-0.4, -0.2) is 15.5 Å². The molecule has 1 heterocycles. The lowest BCUT2D eigenvalue weighted by Gasteiger charge is -1.99. The molecule has 0 N–H and O–H groups in total. The van der Waals surface area contributed by atoms with Crippen molar-refractivity contribution in [3.8, 4) is 0 Å². The predicted octanol–water partition coefficient (Wildman–Crippen LogP) is 0.982. The van der Waals surface area contributed by atoms with Crippen LogP contribution in [0, 0.1) is 0 Å². The van der Waals surface area contributed by atoms with E-state index in [1.165, 1.54) is 6.92 Å². The quantitative estimate of drug-likeness (QED) is 0.699. The van der Waals surface area contributed by atoms with Gasteiger partial charge >= 0.3 is 5.97 Å². The first-order valence-electron chi connectivity index (χ1n) is 2.88. The molecule has 0 atom stereocenters. The number of aromatic nitrogens is 2. The molecule has 0 saturated carbocycles. The van der Waals surface area contributed by atoms with Crippen molar-refractivity contribution in [3.63, 3.8) is 0 Å². The molecule has 62 valence electrons. The van der Waals surface area contributed by atoms with Gasteiger partial charge in [-0.3, -0.25) is 4.79 Å². The smallest absolute Gasteiger partial charge is 0.304 e. The second kappa shape index (κ2) is 4.90. The fourth-order valence-corrected chi connectivity index (χ4v) is 0.529. The van der Waals surface area contributed by atoms with Crippen LogP contribution in [0.1, 0.15) is 6.92 Å². The molecule has 5 heteroatoms. The zero-order valence-electron chi connectivity index (χ0n) is 6.06. The van der Waals surface area contributed by atoms with Gasteiger partial charge in [0.2, 0.25) is 0 Å². The monoisotopic (exact) mass is 220 g/mol. The topological polar surface area (TPSA) is 44.1 Å². The van der Waals surface area contributed by atoms with E-state index in [9.17, 15) is 4.79 Å². The van der Waals surface area contributed by atoms with E-state index < -0.39 is 0 Å². The Bertz CT molecular complexity index is 210. The largest absolute Gasteiger partial charge is 0.444 e. The number of carbonyl (C=O) groups excluding carboxylic acids is 1. The van der Waals surface area contributed by atoms with Crippen LogP contribution in [0.3, 0.4) is 0 Å². The van der Waals surface area contributed by atoms with Gasteiger partial charge in [-0.1, -0.05) is 0 Å². The number of carbonyl (C=O) groups is 1. The SMILES string of the molecule is Br.CC(=O)OCn1ccnc1. The summed E-state index contributed by atoms with van der Waals surface area (Å²) < 4.78 is 6.34. The number of ether oxygens (including phenoxy) is 1. The van der Waals surface area contributed by atoms with E-state index in [4.69, 9.17) is 0 Å². The van der Waals surface area contributed by atoms with Crippen LogP contribution in [-0.2, 0) is 16.3 Å². The van der Waals surface area contributed by atoms with Gasteiger partial charge in [-0.25, -0.2) is 4.98 Å². The first-order chi connectivity index (χ1) is 4.79. The summed E-state index contributed by atoms with van der Waals surface area (Å²) in [6.45, 7) is 1.62. The maximum Gasteiger partial charge on any atom is 0.304 e. The summed E-state index contributed by atoms with van der Waals surface area (Å²) in [6.07, 6.45) is 4.94. The number of halogens is 1. The first kappa shape index (κ1) is 10.2. The van der Waals surface area contributed by atoms with Gasteiger partial charge in [0.25, 0.3) is 0 Å². The normalized spacial score (nSPS) is 8.45. The molecule has 0 saturated heterocycles. The maximum absolute atomic E-state index is 10.3. The molecular weight excluding hydrogens is 212 g/mol. The lowest BCUT2D eigenvalue weighted by molar-refractivity contribution is -0.144. The average Bonchev–Trinajstić information content (AvgIpc) is 2.34. The summed E-state index contributed by atoms with van der Waals surface area (Å²) in [6, 6.07) is 0. The molecule has 0 aliphatic carbocycles. The third kappa shape index (κ3) is 3.77. The van der Waals surface area contributed by atoms with Crippen LogP contribution in [0.15, 0.2) is 18.7 Å². The van der Waals surface area contributed by atoms with Gasteiger partial charge in [-0.2, -0.15) is 0 Å². The van der Waals surface area contributed by atoms with Crippen molar-refractivity contribution in [1.29, 1.82) is 0 Å². The first-order valence-corrected chi connectivity index (χ1v) is 2.88. The Labute approximate surface area is 75.0 Å². The third-order valence-corrected chi connectivity index (χ3v) is 0.976. The molecule has 11 heavy (non-hydrogen) atoms. The second-order valence-corrected chi connectivity index (χ2v) is 1.84. The Balaban J connectivity index is 0.000001000. The fourth-order valence-electron chi connectivity index (χ4n) is 0.529. The molecule has 0 aliphatic rings. The lowest BCUT2D eigenvalue weighted by atomic mass is 10.8. The Morgan fingerprint density at radius 1 is 1.73 bits per heavy atom. The highest BCUT2D eigenvalue weighted by atomic mass is 79.9. The van der Waals surface area contributed by atoms with Gasteiger partial charge in [-0.15, -0.1) is 17.0 Å². The molecule has 1 rings (SSSR count). The minimum absolute atomic E-state index is 0. The lowest BCUT2D eigenvalue weighted by Crippen LogP contribution is -2.03. The van der Waals surface area contributed by atoms with E-state index in [1.54, 1.807) is 23.3 Å². The molecular formula is C6H9BrN2O2. The minimum Gasteiger partial charge on any atom is -0.444 e. The van der Waals surface area contributed by atoms with Gasteiger partial charge in [0.05, 0.1) is 6.33 Å². The Kier molecular flexibility index (Phi) is 4.52. The standard InChI is InChI=1S/C6H8N2O2.BrH/c1-6(9)10-5-8-3-2-7-4-8;/h2-4H,5H2,1H3;1H. The summed E-state index contributed by atoms with van der Waals surface area (Å²) in [4.78, 5) is 14.1. The van der Waals surface area contributed by atoms with Crippen LogP contribution < -0.4 is 0 Å². The van der Waals surface area contributed by atoms with Crippen molar-refractivity contribution in [1.82, 2.24) is 9.55 Å². The Hall–Kier alpha value is -0.840. The fraction of sp³-hybridized carbons (Fsp3) is 0.333. The summed E-state index contributed by atoms with van der Waals surface area (Å²) in [5.74, 6) is -0.284. The molecule has 0 radical (unpaired) electrons. The molecule has 0 unspecified atom stereocenters. The molecule has 0 fully saturated rings. The van der Waals surface area contributed by atoms with Gasteiger partial charge in [0.15, 0.2) is 6.73 Å². The van der Waals surface area contributed by atoms with Gasteiger partial charge in [-0.05, 0) is 0 Å². The second-order valence-electron chi connectivity index (χ2n) is 1.84. The third-order valence-electron chi connectivity index (χ3n) is 0.976. The van der Waals surface area contributed by atoms with Crippen LogP contribution in [0.2, 0.25) is 0 Å². The van der Waals surface area contributed by atoms with Crippen molar-refractivity contribution < 1.29 is 9.53 Å². The van der Waals surface area contributed by atoms with E-state index in [0.29, 0.717) is 0 Å². The van der Waals surface area contributed by atoms with Crippen LogP contribution in [0.5, 0.6) is 0 Å². The molecule has 1 aromatic rings. The summed E-state index contributed by atoms with van der Waals surface area (Å²) in [5, 5.41) is 0. The Morgan fingerprint density at radius 3 is 2.91 bits per heavy atom. The highest BCUT2D eigenvalue weighted by Crippen LogP contribution is 1.86. The highest BCUT2D eigenvalue weighted by molar-refractivity contribution is 8.93. The number of nitrogens with zero attached hydrogens (tertiary/aromatic N) is 2. The molecule has 0 aliphatic heterocycles. The number of imidazole rings is 1. The molecule has 0 bridgehead atoms. The molecule has 0 amide bonds. The summed E-state index contributed by atoms with van der Waals surface area (Å²) >= 11 is 0. The number of hydrogen-bond donors (Lipinski definition) is 0. The van der Waals surface area contributed by atoms with Crippen molar-refractivity contribution in [2.45, 2.75) is 13.7 Å². The molecule has 0 spiro atoms. The van der Waals surface area contributed by atoms with E-state index >= 15 is 0 Å². The van der Waals surface area contributed by atoms with Crippen molar-refractivity contribution >= 4 is 23.0 Å². The zero-order valence-corrected chi connectivity index (χ0v) is 7.77. The number of rotatable bonds is 2. The van der Waals surface area contributed by atoms with E-state index in [-0.39, 0.29) is 29.7 Å². The van der Waals surface area contributed by atoms with Gasteiger partial charge in [0, 0.05) is 19.3 Å². The van der Waals surface area contributed by atoms with E-state index in [1.807, 2.05) is 0 Å². The predicted molar refractivity (Wildman–Crippen MR) is 44.3 cm³/mol.